The molecular formula is C14H16F5N. The molecule has 0 unspecified atom stereocenters. The molecule has 1 aromatic carbocycles. The molecule has 1 N–H and O–H groups in total. The van der Waals surface area contributed by atoms with E-state index in [9.17, 15) is 22.0 Å². The quantitative estimate of drug-likeness (QED) is 0.491. The van der Waals surface area contributed by atoms with Gasteiger partial charge < -0.3 is 5.32 Å². The van der Waals surface area contributed by atoms with Crippen LogP contribution < -0.4 is 5.32 Å². The number of halogens is 5. The SMILES string of the molecule is CCNCC(=Cc1c(F)c(F)c(F)c(F)c1F)C(C)C. The Morgan fingerprint density at radius 3 is 1.80 bits per heavy atom. The monoisotopic (exact) mass is 293 g/mol. The van der Waals surface area contributed by atoms with Crippen molar-refractivity contribution >= 4 is 6.08 Å². The predicted octanol–water partition coefficient (Wildman–Crippen LogP) is 4.03. The van der Waals surface area contributed by atoms with Gasteiger partial charge in [0.05, 0.1) is 5.56 Å². The summed E-state index contributed by atoms with van der Waals surface area (Å²) < 4.78 is 66.3. The number of rotatable bonds is 5. The van der Waals surface area contributed by atoms with E-state index in [2.05, 4.69) is 5.32 Å². The number of nitrogens with one attached hydrogen (secondary N) is 1. The zero-order valence-corrected chi connectivity index (χ0v) is 11.5. The van der Waals surface area contributed by atoms with Crippen LogP contribution in [0.3, 0.4) is 0 Å². The van der Waals surface area contributed by atoms with Gasteiger partial charge in [-0.25, -0.2) is 22.0 Å². The molecular weight excluding hydrogens is 277 g/mol. The average Bonchev–Trinajstić information content (AvgIpc) is 2.42. The smallest absolute Gasteiger partial charge is 0.200 e. The first-order valence-electron chi connectivity index (χ1n) is 6.23. The lowest BCUT2D eigenvalue weighted by molar-refractivity contribution is 0.376. The minimum absolute atomic E-state index is 0.0935. The second-order valence-corrected chi connectivity index (χ2v) is 4.64. The van der Waals surface area contributed by atoms with Crippen molar-refractivity contribution in [2.75, 3.05) is 13.1 Å². The largest absolute Gasteiger partial charge is 0.313 e. The average molecular weight is 293 g/mol. The van der Waals surface area contributed by atoms with Crippen molar-refractivity contribution in [3.63, 3.8) is 0 Å². The minimum Gasteiger partial charge on any atom is -0.313 e. The van der Waals surface area contributed by atoms with Crippen LogP contribution >= 0.6 is 0 Å². The third kappa shape index (κ3) is 3.36. The van der Waals surface area contributed by atoms with E-state index < -0.39 is 34.6 Å². The second kappa shape index (κ2) is 6.83. The van der Waals surface area contributed by atoms with Crippen molar-refractivity contribution < 1.29 is 22.0 Å². The van der Waals surface area contributed by atoms with Gasteiger partial charge in [-0.15, -0.1) is 0 Å². The summed E-state index contributed by atoms with van der Waals surface area (Å²) in [5, 5.41) is 2.95. The number of likely N-dealkylation sites (N-methyl/N-ethyl adjacent to an activating group) is 1. The molecule has 0 aliphatic heterocycles. The Morgan fingerprint density at radius 2 is 1.40 bits per heavy atom. The molecule has 0 aliphatic carbocycles. The first-order valence-corrected chi connectivity index (χ1v) is 6.23. The summed E-state index contributed by atoms with van der Waals surface area (Å²) >= 11 is 0. The summed E-state index contributed by atoms with van der Waals surface area (Å²) in [6, 6.07) is 0. The van der Waals surface area contributed by atoms with Crippen LogP contribution in [0.25, 0.3) is 6.08 Å². The Morgan fingerprint density at radius 1 is 0.950 bits per heavy atom. The third-order valence-electron chi connectivity index (χ3n) is 2.89. The molecule has 0 heterocycles. The molecule has 0 radical (unpaired) electrons. The Bertz CT molecular complexity index is 494. The standard InChI is InChI=1S/C14H16F5N/c1-4-20-6-8(7(2)3)5-9-10(15)12(17)14(19)13(18)11(9)16/h5,7,20H,4,6H2,1-3H3. The predicted molar refractivity (Wildman–Crippen MR) is 67.6 cm³/mol. The van der Waals surface area contributed by atoms with E-state index in [1.165, 1.54) is 0 Å². The van der Waals surface area contributed by atoms with Crippen molar-refractivity contribution in [1.29, 1.82) is 0 Å². The highest BCUT2D eigenvalue weighted by Crippen LogP contribution is 2.26. The van der Waals surface area contributed by atoms with Gasteiger partial charge in [0, 0.05) is 6.54 Å². The Balaban J connectivity index is 3.38. The maximum atomic E-state index is 13.6. The number of benzene rings is 1. The molecule has 0 atom stereocenters. The molecule has 0 bridgehead atoms. The normalized spacial score (nSPS) is 12.3. The van der Waals surface area contributed by atoms with Crippen molar-refractivity contribution in [3.05, 3.63) is 40.2 Å². The molecule has 0 fully saturated rings. The minimum atomic E-state index is -2.14. The summed E-state index contributed by atoms with van der Waals surface area (Å²) in [6.45, 7) is 6.33. The molecule has 0 aromatic heterocycles. The van der Waals surface area contributed by atoms with E-state index in [4.69, 9.17) is 0 Å². The zero-order chi connectivity index (χ0) is 15.4. The molecule has 0 aliphatic rings. The van der Waals surface area contributed by atoms with Gasteiger partial charge in [0.15, 0.2) is 23.3 Å². The number of hydrogen-bond acceptors (Lipinski definition) is 1. The van der Waals surface area contributed by atoms with Gasteiger partial charge in [-0.1, -0.05) is 26.3 Å². The summed E-state index contributed by atoms with van der Waals surface area (Å²) in [5.41, 5.74) is -0.349. The lowest BCUT2D eigenvalue weighted by Crippen LogP contribution is -2.19. The highest BCUT2D eigenvalue weighted by molar-refractivity contribution is 5.55. The van der Waals surface area contributed by atoms with E-state index in [1.54, 1.807) is 13.8 Å². The maximum Gasteiger partial charge on any atom is 0.200 e. The first-order chi connectivity index (χ1) is 9.31. The van der Waals surface area contributed by atoms with Crippen molar-refractivity contribution in [2.24, 2.45) is 5.92 Å². The summed E-state index contributed by atoms with van der Waals surface area (Å²) in [5.74, 6) is -9.71. The Hall–Kier alpha value is -1.43. The van der Waals surface area contributed by atoms with Gasteiger partial charge >= 0.3 is 0 Å². The topological polar surface area (TPSA) is 12.0 Å². The van der Waals surface area contributed by atoms with E-state index >= 15 is 0 Å². The van der Waals surface area contributed by atoms with Crippen LogP contribution in [0.2, 0.25) is 0 Å². The van der Waals surface area contributed by atoms with Gasteiger partial charge in [-0.05, 0) is 18.5 Å². The van der Waals surface area contributed by atoms with Gasteiger partial charge in [-0.2, -0.15) is 0 Å². The highest BCUT2D eigenvalue weighted by atomic mass is 19.2. The summed E-state index contributed by atoms with van der Waals surface area (Å²) in [6.07, 6.45) is 1.02. The molecule has 1 nitrogen and oxygen atoms in total. The molecule has 20 heavy (non-hydrogen) atoms. The molecule has 112 valence electrons. The lowest BCUT2D eigenvalue weighted by Gasteiger charge is -2.13. The van der Waals surface area contributed by atoms with Gasteiger partial charge in [0.1, 0.15) is 0 Å². The van der Waals surface area contributed by atoms with Crippen LogP contribution in [0.4, 0.5) is 22.0 Å². The van der Waals surface area contributed by atoms with Crippen LogP contribution in [-0.4, -0.2) is 13.1 Å². The maximum absolute atomic E-state index is 13.6. The fraction of sp³-hybridized carbons (Fsp3) is 0.429. The zero-order valence-electron chi connectivity index (χ0n) is 11.5. The fourth-order valence-corrected chi connectivity index (χ4v) is 1.63. The summed E-state index contributed by atoms with van der Waals surface area (Å²) in [4.78, 5) is 0. The molecule has 0 saturated carbocycles. The van der Waals surface area contributed by atoms with E-state index in [0.29, 0.717) is 18.7 Å². The van der Waals surface area contributed by atoms with Crippen molar-refractivity contribution in [2.45, 2.75) is 20.8 Å². The van der Waals surface area contributed by atoms with Crippen LogP contribution in [0.5, 0.6) is 0 Å². The van der Waals surface area contributed by atoms with Gasteiger partial charge in [0.2, 0.25) is 5.82 Å². The van der Waals surface area contributed by atoms with Crippen LogP contribution in [-0.2, 0) is 0 Å². The number of hydrogen-bond donors (Lipinski definition) is 1. The van der Waals surface area contributed by atoms with E-state index in [-0.39, 0.29) is 5.92 Å². The molecule has 0 spiro atoms. The second-order valence-electron chi connectivity index (χ2n) is 4.64. The van der Waals surface area contributed by atoms with Gasteiger partial charge in [-0.3, -0.25) is 0 Å². The van der Waals surface area contributed by atoms with Crippen molar-refractivity contribution in [3.8, 4) is 0 Å². The third-order valence-corrected chi connectivity index (χ3v) is 2.89. The van der Waals surface area contributed by atoms with Crippen LogP contribution in [0.15, 0.2) is 5.57 Å². The summed E-state index contributed by atoms with van der Waals surface area (Å²) in [7, 11) is 0. The molecule has 1 aromatic rings. The van der Waals surface area contributed by atoms with Crippen molar-refractivity contribution in [1.82, 2.24) is 5.32 Å². The van der Waals surface area contributed by atoms with Crippen LogP contribution in [0, 0.1) is 35.0 Å². The Labute approximate surface area is 114 Å². The van der Waals surface area contributed by atoms with E-state index in [1.807, 2.05) is 6.92 Å². The van der Waals surface area contributed by atoms with Crippen LogP contribution in [0.1, 0.15) is 26.3 Å². The highest BCUT2D eigenvalue weighted by Gasteiger charge is 2.24. The first kappa shape index (κ1) is 16.6. The molecule has 1 rings (SSSR count). The van der Waals surface area contributed by atoms with Gasteiger partial charge in [0.25, 0.3) is 0 Å². The molecule has 0 amide bonds. The molecule has 6 heteroatoms. The molecule has 0 saturated heterocycles. The fourth-order valence-electron chi connectivity index (χ4n) is 1.63. The van der Waals surface area contributed by atoms with E-state index in [0.717, 1.165) is 6.08 Å². The Kier molecular flexibility index (Phi) is 5.68. The lowest BCUT2D eigenvalue weighted by atomic mass is 9.99.